The van der Waals surface area contributed by atoms with E-state index in [1.54, 1.807) is 19.2 Å². The average molecular weight is 466 g/mol. The molecule has 4 rings (SSSR count). The number of benzene rings is 2. The second-order valence-electron chi connectivity index (χ2n) is 6.82. The monoisotopic (exact) mass is 465 g/mol. The molecule has 0 saturated heterocycles. The van der Waals surface area contributed by atoms with E-state index in [0.717, 1.165) is 17.0 Å². The van der Waals surface area contributed by atoms with Gasteiger partial charge in [0, 0.05) is 17.4 Å². The van der Waals surface area contributed by atoms with Gasteiger partial charge in [-0.25, -0.2) is 4.98 Å². The normalized spacial score (nSPS) is 11.7. The number of halogens is 1. The highest BCUT2D eigenvalue weighted by Crippen LogP contribution is 2.31. The third-order valence-electron chi connectivity index (χ3n) is 4.61. The number of para-hydroxylation sites is 1. The second-order valence-corrected chi connectivity index (χ2v) is 8.56. The van der Waals surface area contributed by atoms with Crippen LogP contribution in [0.2, 0.25) is 5.02 Å². The molecule has 9 heteroatoms. The van der Waals surface area contributed by atoms with Gasteiger partial charge in [-0.05, 0) is 43.3 Å². The lowest BCUT2D eigenvalue weighted by atomic mass is 10.2. The maximum atomic E-state index is 12.7. The van der Waals surface area contributed by atoms with Gasteiger partial charge in [-0.2, -0.15) is 0 Å². The summed E-state index contributed by atoms with van der Waals surface area (Å²) in [6.45, 7) is 1.81. The zero-order valence-corrected chi connectivity index (χ0v) is 19.0. The number of rotatable bonds is 7. The molecule has 1 amide bonds. The highest BCUT2D eigenvalue weighted by atomic mass is 35.5. The van der Waals surface area contributed by atoms with Gasteiger partial charge in [0.25, 0.3) is 0 Å². The number of pyridine rings is 1. The van der Waals surface area contributed by atoms with Gasteiger partial charge in [0.15, 0.2) is 11.0 Å². The van der Waals surface area contributed by atoms with Crippen LogP contribution in [-0.2, 0) is 4.79 Å². The van der Waals surface area contributed by atoms with Crippen molar-refractivity contribution in [2.75, 3.05) is 12.4 Å². The summed E-state index contributed by atoms with van der Waals surface area (Å²) in [6.07, 6.45) is 1.49. The molecule has 2 aromatic carbocycles. The van der Waals surface area contributed by atoms with Crippen molar-refractivity contribution < 1.29 is 9.53 Å². The number of methoxy groups -OCH3 is 1. The Morgan fingerprint density at radius 3 is 2.62 bits per heavy atom. The van der Waals surface area contributed by atoms with Gasteiger partial charge < -0.3 is 10.1 Å². The minimum Gasteiger partial charge on any atom is -0.497 e. The van der Waals surface area contributed by atoms with Crippen molar-refractivity contribution in [2.45, 2.75) is 17.3 Å². The van der Waals surface area contributed by atoms with Crippen molar-refractivity contribution >= 4 is 35.1 Å². The van der Waals surface area contributed by atoms with Gasteiger partial charge in [-0.15, -0.1) is 10.2 Å². The van der Waals surface area contributed by atoms with Crippen LogP contribution in [0.5, 0.6) is 5.75 Å². The standard InChI is InChI=1S/C23H20ClN5O2S/c1-15(22(30)26-20-12-11-17(24)14-25-20)32-23-28-27-21(16-7-6-10-19(13-16)31-2)29(23)18-8-4-3-5-9-18/h3-15H,1-2H3,(H,25,26,30). The molecular formula is C23H20ClN5O2S. The van der Waals surface area contributed by atoms with Gasteiger partial charge in [0.1, 0.15) is 11.6 Å². The van der Waals surface area contributed by atoms with Crippen LogP contribution in [-0.4, -0.2) is 38.0 Å². The topological polar surface area (TPSA) is 81.9 Å². The van der Waals surface area contributed by atoms with Crippen LogP contribution in [0.4, 0.5) is 5.82 Å². The summed E-state index contributed by atoms with van der Waals surface area (Å²) >= 11 is 7.17. The molecule has 0 radical (unpaired) electrons. The number of nitrogens with zero attached hydrogens (tertiary/aromatic N) is 4. The molecule has 0 aliphatic heterocycles. The lowest BCUT2D eigenvalue weighted by Gasteiger charge is -2.14. The minimum atomic E-state index is -0.447. The van der Waals surface area contributed by atoms with E-state index in [4.69, 9.17) is 16.3 Å². The molecule has 0 aliphatic rings. The third-order valence-corrected chi connectivity index (χ3v) is 5.87. The van der Waals surface area contributed by atoms with Crippen molar-refractivity contribution in [1.82, 2.24) is 19.7 Å². The molecule has 0 spiro atoms. The number of nitrogens with one attached hydrogen (secondary N) is 1. The van der Waals surface area contributed by atoms with E-state index in [2.05, 4.69) is 20.5 Å². The zero-order valence-electron chi connectivity index (χ0n) is 17.4. The Labute approximate surface area is 194 Å². The molecule has 32 heavy (non-hydrogen) atoms. The number of amides is 1. The van der Waals surface area contributed by atoms with Crippen LogP contribution in [0.1, 0.15) is 6.92 Å². The first-order valence-corrected chi connectivity index (χ1v) is 11.1. The summed E-state index contributed by atoms with van der Waals surface area (Å²) in [4.78, 5) is 16.8. The van der Waals surface area contributed by atoms with E-state index < -0.39 is 5.25 Å². The maximum absolute atomic E-state index is 12.7. The van der Waals surface area contributed by atoms with E-state index in [0.29, 0.717) is 21.8 Å². The average Bonchev–Trinajstić information content (AvgIpc) is 3.24. The number of thioether (sulfide) groups is 1. The lowest BCUT2D eigenvalue weighted by molar-refractivity contribution is -0.115. The quantitative estimate of drug-likeness (QED) is 0.382. The summed E-state index contributed by atoms with van der Waals surface area (Å²) in [5, 5.41) is 12.3. The molecule has 1 unspecified atom stereocenters. The fraction of sp³-hybridized carbons (Fsp3) is 0.130. The number of aromatic nitrogens is 4. The Bertz CT molecular complexity index is 1210. The smallest absolute Gasteiger partial charge is 0.238 e. The molecule has 1 atom stereocenters. The first kappa shape index (κ1) is 21.9. The van der Waals surface area contributed by atoms with Crippen LogP contribution in [0.15, 0.2) is 78.1 Å². The number of hydrogen-bond acceptors (Lipinski definition) is 6. The molecule has 7 nitrogen and oxygen atoms in total. The fourth-order valence-corrected chi connectivity index (χ4v) is 3.97. The molecule has 0 aliphatic carbocycles. The van der Waals surface area contributed by atoms with Crippen molar-refractivity contribution in [2.24, 2.45) is 0 Å². The summed E-state index contributed by atoms with van der Waals surface area (Å²) in [5.41, 5.74) is 1.75. The molecule has 0 saturated carbocycles. The number of carbonyl (C=O) groups is 1. The molecule has 162 valence electrons. The van der Waals surface area contributed by atoms with Crippen molar-refractivity contribution in [3.05, 3.63) is 77.9 Å². The molecular weight excluding hydrogens is 446 g/mol. The van der Waals surface area contributed by atoms with Gasteiger partial charge in [0.05, 0.1) is 17.4 Å². The highest BCUT2D eigenvalue weighted by molar-refractivity contribution is 8.00. The number of ether oxygens (including phenoxy) is 1. The minimum absolute atomic E-state index is 0.199. The number of anilines is 1. The Morgan fingerprint density at radius 1 is 1.09 bits per heavy atom. The van der Waals surface area contributed by atoms with Gasteiger partial charge >= 0.3 is 0 Å². The largest absolute Gasteiger partial charge is 0.497 e. The van der Waals surface area contributed by atoms with Crippen LogP contribution >= 0.6 is 23.4 Å². The molecule has 1 N–H and O–H groups in total. The Morgan fingerprint density at radius 2 is 1.91 bits per heavy atom. The van der Waals surface area contributed by atoms with Crippen LogP contribution in [0.3, 0.4) is 0 Å². The molecule has 2 aromatic heterocycles. The summed E-state index contributed by atoms with van der Waals surface area (Å²) in [5.74, 6) is 1.62. The highest BCUT2D eigenvalue weighted by Gasteiger charge is 2.22. The molecule has 0 fully saturated rings. The van der Waals surface area contributed by atoms with Gasteiger partial charge in [-0.1, -0.05) is 53.7 Å². The van der Waals surface area contributed by atoms with E-state index in [1.165, 1.54) is 18.0 Å². The summed E-state index contributed by atoms with van der Waals surface area (Å²) in [6, 6.07) is 20.7. The predicted molar refractivity (Wildman–Crippen MR) is 127 cm³/mol. The Kier molecular flexibility index (Phi) is 6.72. The first-order valence-electron chi connectivity index (χ1n) is 9.79. The number of carbonyl (C=O) groups excluding carboxylic acids is 1. The van der Waals surface area contributed by atoms with Gasteiger partial charge in [-0.3, -0.25) is 9.36 Å². The van der Waals surface area contributed by atoms with Crippen LogP contribution in [0, 0.1) is 0 Å². The predicted octanol–water partition coefficient (Wildman–Crippen LogP) is 5.11. The summed E-state index contributed by atoms with van der Waals surface area (Å²) < 4.78 is 7.29. The van der Waals surface area contributed by atoms with E-state index >= 15 is 0 Å². The Balaban J connectivity index is 1.64. The van der Waals surface area contributed by atoms with Crippen LogP contribution in [0.25, 0.3) is 17.1 Å². The Hall–Kier alpha value is -3.36. The first-order chi connectivity index (χ1) is 15.5. The third kappa shape index (κ3) is 4.92. The molecule has 4 aromatic rings. The second kappa shape index (κ2) is 9.84. The van der Waals surface area contributed by atoms with Crippen molar-refractivity contribution in [1.29, 1.82) is 0 Å². The summed E-state index contributed by atoms with van der Waals surface area (Å²) in [7, 11) is 1.62. The van der Waals surface area contributed by atoms with E-state index in [-0.39, 0.29) is 5.91 Å². The van der Waals surface area contributed by atoms with Gasteiger partial charge in [0.2, 0.25) is 5.91 Å². The lowest BCUT2D eigenvalue weighted by Crippen LogP contribution is -2.23. The SMILES string of the molecule is COc1cccc(-c2nnc(SC(C)C(=O)Nc3ccc(Cl)cn3)n2-c2ccccc2)c1. The zero-order chi connectivity index (χ0) is 22.5. The van der Waals surface area contributed by atoms with Crippen LogP contribution < -0.4 is 10.1 Å². The molecule has 0 bridgehead atoms. The van der Waals surface area contributed by atoms with E-state index in [1.807, 2.05) is 66.1 Å². The van der Waals surface area contributed by atoms with Crippen molar-refractivity contribution in [3.8, 4) is 22.8 Å². The fourth-order valence-electron chi connectivity index (χ4n) is 2.99. The van der Waals surface area contributed by atoms with E-state index in [9.17, 15) is 4.79 Å². The number of hydrogen-bond donors (Lipinski definition) is 1. The van der Waals surface area contributed by atoms with Crippen molar-refractivity contribution in [3.63, 3.8) is 0 Å². The molecule has 2 heterocycles. The maximum Gasteiger partial charge on any atom is 0.238 e.